The molecule has 0 amide bonds. The van der Waals surface area contributed by atoms with E-state index < -0.39 is 0 Å². The summed E-state index contributed by atoms with van der Waals surface area (Å²) in [6.45, 7) is 2.11. The molecule has 1 aliphatic rings. The van der Waals surface area contributed by atoms with E-state index in [4.69, 9.17) is 12.2 Å². The molecule has 1 aromatic rings. The van der Waals surface area contributed by atoms with Crippen molar-refractivity contribution in [2.75, 3.05) is 0 Å². The lowest BCUT2D eigenvalue weighted by atomic mass is 9.93. The number of aromatic nitrogens is 3. The first-order chi connectivity index (χ1) is 5.83. The highest BCUT2D eigenvalue weighted by Crippen LogP contribution is 2.32. The molecule has 66 valence electrons. The van der Waals surface area contributed by atoms with Crippen molar-refractivity contribution in [3.63, 3.8) is 0 Å². The molecule has 3 nitrogen and oxygen atoms in total. The number of hydrogen-bond donors (Lipinski definition) is 1. The quantitative estimate of drug-likeness (QED) is 0.713. The summed E-state index contributed by atoms with van der Waals surface area (Å²) >= 11 is 5.16. The highest BCUT2D eigenvalue weighted by Gasteiger charge is 2.22. The Labute approximate surface area is 76.8 Å². The van der Waals surface area contributed by atoms with Crippen molar-refractivity contribution in [2.24, 2.45) is 0 Å². The molecule has 2 rings (SSSR count). The second-order valence-electron chi connectivity index (χ2n) is 3.25. The lowest BCUT2D eigenvalue weighted by Crippen LogP contribution is -2.19. The fraction of sp³-hybridized carbons (Fsp3) is 0.750. The number of aryl methyl sites for hydroxylation is 1. The van der Waals surface area contributed by atoms with Crippen molar-refractivity contribution in [1.29, 1.82) is 0 Å². The Hall–Kier alpha value is -0.640. The molecule has 0 atom stereocenters. The number of nitrogens with one attached hydrogen (secondary N) is 1. The summed E-state index contributed by atoms with van der Waals surface area (Å²) < 4.78 is 2.97. The molecule has 0 unspecified atom stereocenters. The summed E-state index contributed by atoms with van der Waals surface area (Å²) in [6.07, 6.45) is 4.83. The zero-order chi connectivity index (χ0) is 8.55. The predicted octanol–water partition coefficient (Wildman–Crippen LogP) is 2.23. The summed E-state index contributed by atoms with van der Waals surface area (Å²) in [5.74, 6) is 1.10. The number of aromatic amines is 1. The van der Waals surface area contributed by atoms with Crippen LogP contribution in [-0.4, -0.2) is 14.8 Å². The second kappa shape index (κ2) is 3.01. The van der Waals surface area contributed by atoms with Crippen LogP contribution in [0.5, 0.6) is 0 Å². The van der Waals surface area contributed by atoms with Crippen LogP contribution in [0.15, 0.2) is 0 Å². The van der Waals surface area contributed by atoms with Crippen molar-refractivity contribution < 1.29 is 0 Å². The average Bonchev–Trinajstić information content (AvgIpc) is 2.30. The van der Waals surface area contributed by atoms with Crippen LogP contribution < -0.4 is 0 Å². The second-order valence-corrected chi connectivity index (χ2v) is 3.64. The Morgan fingerprint density at radius 1 is 1.67 bits per heavy atom. The van der Waals surface area contributed by atoms with Crippen LogP contribution in [0.1, 0.15) is 38.1 Å². The van der Waals surface area contributed by atoms with Gasteiger partial charge in [-0.15, -0.1) is 0 Å². The van der Waals surface area contributed by atoms with Crippen LogP contribution in [0.4, 0.5) is 0 Å². The molecule has 1 heterocycles. The molecule has 1 aromatic heterocycles. The molecule has 1 fully saturated rings. The van der Waals surface area contributed by atoms with E-state index in [1.807, 2.05) is 0 Å². The molecular weight excluding hydrogens is 170 g/mol. The topological polar surface area (TPSA) is 33.6 Å². The Morgan fingerprint density at radius 3 is 2.92 bits per heavy atom. The van der Waals surface area contributed by atoms with Gasteiger partial charge in [-0.05, 0) is 31.5 Å². The molecule has 0 aliphatic heterocycles. The smallest absolute Gasteiger partial charge is 0.195 e. The zero-order valence-corrected chi connectivity index (χ0v) is 8.02. The van der Waals surface area contributed by atoms with Gasteiger partial charge in [0.1, 0.15) is 5.82 Å². The summed E-state index contributed by atoms with van der Waals surface area (Å²) in [5, 5.41) is 7.04. The molecule has 4 heteroatoms. The maximum atomic E-state index is 5.16. The summed E-state index contributed by atoms with van der Waals surface area (Å²) in [4.78, 5) is 0. The van der Waals surface area contributed by atoms with Crippen LogP contribution in [-0.2, 0) is 6.42 Å². The van der Waals surface area contributed by atoms with Crippen molar-refractivity contribution in [1.82, 2.24) is 14.8 Å². The Morgan fingerprint density at radius 2 is 2.42 bits per heavy atom. The van der Waals surface area contributed by atoms with Crippen LogP contribution in [0.25, 0.3) is 0 Å². The third-order valence-electron chi connectivity index (χ3n) is 2.53. The molecule has 0 bridgehead atoms. The van der Waals surface area contributed by atoms with Gasteiger partial charge in [-0.1, -0.05) is 6.92 Å². The van der Waals surface area contributed by atoms with E-state index in [0.717, 1.165) is 17.0 Å². The van der Waals surface area contributed by atoms with Crippen LogP contribution in [0, 0.1) is 4.77 Å². The summed E-state index contributed by atoms with van der Waals surface area (Å²) in [5.41, 5.74) is 0. The van der Waals surface area contributed by atoms with Gasteiger partial charge >= 0.3 is 0 Å². The molecule has 0 saturated heterocycles. The molecule has 0 spiro atoms. The van der Waals surface area contributed by atoms with Crippen LogP contribution in [0.3, 0.4) is 0 Å². The highest BCUT2D eigenvalue weighted by molar-refractivity contribution is 7.71. The summed E-state index contributed by atoms with van der Waals surface area (Å²) in [7, 11) is 0. The Balaban J connectivity index is 2.38. The first kappa shape index (κ1) is 7.98. The highest BCUT2D eigenvalue weighted by atomic mass is 32.1. The van der Waals surface area contributed by atoms with Crippen molar-refractivity contribution >= 4 is 12.2 Å². The number of H-pyrrole nitrogens is 1. The third kappa shape index (κ3) is 1.10. The maximum Gasteiger partial charge on any atom is 0.195 e. The van der Waals surface area contributed by atoms with Crippen molar-refractivity contribution in [2.45, 2.75) is 38.6 Å². The summed E-state index contributed by atoms with van der Waals surface area (Å²) in [6, 6.07) is 0.631. The molecule has 1 saturated carbocycles. The molecule has 0 radical (unpaired) electrons. The van der Waals surface area contributed by atoms with E-state index in [1.54, 1.807) is 0 Å². The van der Waals surface area contributed by atoms with Crippen molar-refractivity contribution in [3.05, 3.63) is 10.6 Å². The SMILES string of the molecule is CCc1n[nH]c(=S)n1C1CCC1. The number of rotatable bonds is 2. The van der Waals surface area contributed by atoms with E-state index >= 15 is 0 Å². The van der Waals surface area contributed by atoms with E-state index in [1.165, 1.54) is 19.3 Å². The predicted molar refractivity (Wildman–Crippen MR) is 49.7 cm³/mol. The van der Waals surface area contributed by atoms with Gasteiger partial charge in [0.05, 0.1) is 0 Å². The standard InChI is InChI=1S/C8H13N3S/c1-2-7-9-10-8(12)11(7)6-4-3-5-6/h6H,2-5H2,1H3,(H,10,12). The van der Waals surface area contributed by atoms with Crippen LogP contribution in [0.2, 0.25) is 0 Å². The molecule has 1 N–H and O–H groups in total. The minimum Gasteiger partial charge on any atom is -0.301 e. The minimum atomic E-state index is 0.631. The third-order valence-corrected chi connectivity index (χ3v) is 2.82. The first-order valence-corrected chi connectivity index (χ1v) is 4.89. The lowest BCUT2D eigenvalue weighted by molar-refractivity contribution is 0.303. The number of nitrogens with zero attached hydrogens (tertiary/aromatic N) is 2. The Kier molecular flexibility index (Phi) is 2.00. The van der Waals surface area contributed by atoms with Gasteiger partial charge in [0, 0.05) is 12.5 Å². The fourth-order valence-electron chi connectivity index (χ4n) is 1.61. The fourth-order valence-corrected chi connectivity index (χ4v) is 1.91. The molecule has 12 heavy (non-hydrogen) atoms. The van der Waals surface area contributed by atoms with E-state index in [2.05, 4.69) is 21.7 Å². The van der Waals surface area contributed by atoms with E-state index in [0.29, 0.717) is 6.04 Å². The van der Waals surface area contributed by atoms with E-state index in [9.17, 15) is 0 Å². The largest absolute Gasteiger partial charge is 0.301 e. The number of hydrogen-bond acceptors (Lipinski definition) is 2. The van der Waals surface area contributed by atoms with Gasteiger partial charge in [-0.2, -0.15) is 5.10 Å². The van der Waals surface area contributed by atoms with Gasteiger partial charge in [0.15, 0.2) is 4.77 Å². The van der Waals surface area contributed by atoms with Crippen LogP contribution >= 0.6 is 12.2 Å². The van der Waals surface area contributed by atoms with Gasteiger partial charge < -0.3 is 4.57 Å². The van der Waals surface area contributed by atoms with Gasteiger partial charge in [-0.3, -0.25) is 5.10 Å². The maximum absolute atomic E-state index is 5.16. The first-order valence-electron chi connectivity index (χ1n) is 4.48. The lowest BCUT2D eigenvalue weighted by Gasteiger charge is -2.27. The minimum absolute atomic E-state index is 0.631. The Bertz CT molecular complexity index is 321. The monoisotopic (exact) mass is 183 g/mol. The molecule has 0 aromatic carbocycles. The van der Waals surface area contributed by atoms with Gasteiger partial charge in [0.2, 0.25) is 0 Å². The van der Waals surface area contributed by atoms with Gasteiger partial charge in [0.25, 0.3) is 0 Å². The van der Waals surface area contributed by atoms with E-state index in [-0.39, 0.29) is 0 Å². The normalized spacial score (nSPS) is 17.8. The molecular formula is C8H13N3S. The van der Waals surface area contributed by atoms with Crippen molar-refractivity contribution in [3.8, 4) is 0 Å². The molecule has 1 aliphatic carbocycles. The van der Waals surface area contributed by atoms with Gasteiger partial charge in [-0.25, -0.2) is 0 Å². The zero-order valence-electron chi connectivity index (χ0n) is 7.21. The average molecular weight is 183 g/mol.